The normalized spacial score (nSPS) is 13.5. The molecule has 1 aromatic rings. The fourth-order valence-electron chi connectivity index (χ4n) is 1.09. The number of hydrogen-bond donors (Lipinski definition) is 1. The lowest BCUT2D eigenvalue weighted by atomic mass is 10.1. The van der Waals surface area contributed by atoms with Gasteiger partial charge in [0, 0.05) is 18.8 Å². The van der Waals surface area contributed by atoms with Gasteiger partial charge in [0.05, 0.1) is 6.20 Å². The molecule has 11 heavy (non-hydrogen) atoms. The van der Waals surface area contributed by atoms with E-state index in [-0.39, 0.29) is 6.04 Å². The molecule has 2 N–H and O–H groups in total. The molecule has 0 amide bonds. The van der Waals surface area contributed by atoms with Gasteiger partial charge in [-0.05, 0) is 25.8 Å². The lowest BCUT2D eigenvalue weighted by Gasteiger charge is -2.03. The van der Waals surface area contributed by atoms with Gasteiger partial charge >= 0.3 is 0 Å². The highest BCUT2D eigenvalue weighted by Crippen LogP contribution is 2.07. The van der Waals surface area contributed by atoms with Gasteiger partial charge in [-0.25, -0.2) is 0 Å². The molecule has 0 aliphatic heterocycles. The van der Waals surface area contributed by atoms with E-state index < -0.39 is 0 Å². The average Bonchev–Trinajstić information content (AvgIpc) is 2.18. The maximum absolute atomic E-state index is 5.67. The summed E-state index contributed by atoms with van der Waals surface area (Å²) in [5.41, 5.74) is 8.13. The van der Waals surface area contributed by atoms with Crippen LogP contribution in [0.25, 0.3) is 0 Å². The van der Waals surface area contributed by atoms with Crippen LogP contribution >= 0.6 is 0 Å². The van der Waals surface area contributed by atoms with E-state index in [1.165, 1.54) is 11.3 Å². The zero-order chi connectivity index (χ0) is 8.43. The van der Waals surface area contributed by atoms with Gasteiger partial charge in [0.15, 0.2) is 0 Å². The Labute approximate surface area is 67.2 Å². The molecule has 3 nitrogen and oxygen atoms in total. The molecule has 3 heteroatoms. The Morgan fingerprint density at radius 2 is 2.36 bits per heavy atom. The molecular weight excluding hydrogens is 138 g/mol. The summed E-state index contributed by atoms with van der Waals surface area (Å²) >= 11 is 0. The molecule has 1 unspecified atom stereocenters. The van der Waals surface area contributed by atoms with Crippen molar-refractivity contribution in [3.05, 3.63) is 17.5 Å². The minimum Gasteiger partial charge on any atom is -0.328 e. The van der Waals surface area contributed by atoms with Crippen LogP contribution in [-0.4, -0.2) is 15.8 Å². The van der Waals surface area contributed by atoms with Gasteiger partial charge in [-0.2, -0.15) is 5.10 Å². The Kier molecular flexibility index (Phi) is 2.29. The standard InChI is InChI=1S/C8H15N3/c1-6(9)4-8-5-10-11(3)7(8)2/h5-6H,4,9H2,1-3H3. The Balaban J connectivity index is 2.79. The molecule has 0 saturated heterocycles. The lowest BCUT2D eigenvalue weighted by Crippen LogP contribution is -2.18. The second kappa shape index (κ2) is 3.05. The summed E-state index contributed by atoms with van der Waals surface area (Å²) in [5, 5.41) is 4.13. The topological polar surface area (TPSA) is 43.8 Å². The zero-order valence-corrected chi connectivity index (χ0v) is 7.33. The van der Waals surface area contributed by atoms with E-state index in [0.717, 1.165) is 6.42 Å². The first-order chi connectivity index (χ1) is 5.11. The van der Waals surface area contributed by atoms with Gasteiger partial charge in [0.2, 0.25) is 0 Å². The summed E-state index contributed by atoms with van der Waals surface area (Å²) in [6, 6.07) is 0.220. The van der Waals surface area contributed by atoms with Gasteiger partial charge in [0.25, 0.3) is 0 Å². The molecule has 0 spiro atoms. The minimum absolute atomic E-state index is 0.220. The third-order valence-electron chi connectivity index (χ3n) is 1.88. The van der Waals surface area contributed by atoms with Crippen molar-refractivity contribution in [2.24, 2.45) is 12.8 Å². The number of aryl methyl sites for hydroxylation is 1. The fraction of sp³-hybridized carbons (Fsp3) is 0.625. The van der Waals surface area contributed by atoms with Gasteiger partial charge in [-0.15, -0.1) is 0 Å². The molecule has 0 aromatic carbocycles. The molecule has 1 aromatic heterocycles. The molecule has 0 radical (unpaired) electrons. The van der Waals surface area contributed by atoms with E-state index in [2.05, 4.69) is 12.0 Å². The number of aromatic nitrogens is 2. The SMILES string of the molecule is Cc1c(CC(C)N)cnn1C. The lowest BCUT2D eigenvalue weighted by molar-refractivity contribution is 0.717. The number of nitrogens with zero attached hydrogens (tertiary/aromatic N) is 2. The van der Waals surface area contributed by atoms with Crippen molar-refractivity contribution < 1.29 is 0 Å². The van der Waals surface area contributed by atoms with Crippen LogP contribution in [0.1, 0.15) is 18.2 Å². The fourth-order valence-corrected chi connectivity index (χ4v) is 1.09. The molecule has 1 rings (SSSR count). The highest BCUT2D eigenvalue weighted by atomic mass is 15.3. The molecular formula is C8H15N3. The number of hydrogen-bond acceptors (Lipinski definition) is 2. The Morgan fingerprint density at radius 3 is 2.73 bits per heavy atom. The minimum atomic E-state index is 0.220. The molecule has 0 fully saturated rings. The van der Waals surface area contributed by atoms with Crippen molar-refractivity contribution in [3.8, 4) is 0 Å². The smallest absolute Gasteiger partial charge is 0.0525 e. The van der Waals surface area contributed by atoms with E-state index in [0.29, 0.717) is 0 Å². The third kappa shape index (κ3) is 1.80. The summed E-state index contributed by atoms with van der Waals surface area (Å²) in [6.07, 6.45) is 2.80. The quantitative estimate of drug-likeness (QED) is 0.676. The predicted molar refractivity (Wildman–Crippen MR) is 45.3 cm³/mol. The maximum atomic E-state index is 5.67. The molecule has 0 saturated carbocycles. The van der Waals surface area contributed by atoms with Crippen LogP contribution in [-0.2, 0) is 13.5 Å². The van der Waals surface area contributed by atoms with E-state index in [1.807, 2.05) is 24.9 Å². The third-order valence-corrected chi connectivity index (χ3v) is 1.88. The summed E-state index contributed by atoms with van der Waals surface area (Å²) in [5.74, 6) is 0. The van der Waals surface area contributed by atoms with Crippen molar-refractivity contribution in [2.45, 2.75) is 26.3 Å². The molecule has 0 aliphatic rings. The zero-order valence-electron chi connectivity index (χ0n) is 7.33. The second-order valence-electron chi connectivity index (χ2n) is 3.06. The van der Waals surface area contributed by atoms with Crippen molar-refractivity contribution in [1.82, 2.24) is 9.78 Å². The molecule has 62 valence electrons. The summed E-state index contributed by atoms with van der Waals surface area (Å²) < 4.78 is 1.87. The Hall–Kier alpha value is -0.830. The molecule has 0 aliphatic carbocycles. The monoisotopic (exact) mass is 153 g/mol. The molecule has 0 bridgehead atoms. The largest absolute Gasteiger partial charge is 0.328 e. The highest BCUT2D eigenvalue weighted by molar-refractivity contribution is 5.16. The van der Waals surface area contributed by atoms with E-state index in [4.69, 9.17) is 5.73 Å². The average molecular weight is 153 g/mol. The van der Waals surface area contributed by atoms with Crippen LogP contribution < -0.4 is 5.73 Å². The van der Waals surface area contributed by atoms with E-state index in [1.54, 1.807) is 0 Å². The van der Waals surface area contributed by atoms with Gasteiger partial charge < -0.3 is 5.73 Å². The van der Waals surface area contributed by atoms with Crippen LogP contribution in [0.5, 0.6) is 0 Å². The molecule has 1 heterocycles. The van der Waals surface area contributed by atoms with Crippen molar-refractivity contribution in [2.75, 3.05) is 0 Å². The summed E-state index contributed by atoms with van der Waals surface area (Å²) in [6.45, 7) is 4.07. The first kappa shape index (κ1) is 8.27. The van der Waals surface area contributed by atoms with Crippen LogP contribution in [0, 0.1) is 6.92 Å². The summed E-state index contributed by atoms with van der Waals surface area (Å²) in [4.78, 5) is 0. The number of rotatable bonds is 2. The maximum Gasteiger partial charge on any atom is 0.0525 e. The number of nitrogens with two attached hydrogens (primary N) is 1. The Bertz CT molecular complexity index is 237. The van der Waals surface area contributed by atoms with E-state index >= 15 is 0 Å². The first-order valence-corrected chi connectivity index (χ1v) is 3.84. The Morgan fingerprint density at radius 1 is 1.73 bits per heavy atom. The summed E-state index contributed by atoms with van der Waals surface area (Å²) in [7, 11) is 1.94. The van der Waals surface area contributed by atoms with Gasteiger partial charge in [0.1, 0.15) is 0 Å². The predicted octanol–water partition coefficient (Wildman–Crippen LogP) is 0.618. The van der Waals surface area contributed by atoms with Crippen molar-refractivity contribution in [1.29, 1.82) is 0 Å². The van der Waals surface area contributed by atoms with Crippen LogP contribution in [0.2, 0.25) is 0 Å². The van der Waals surface area contributed by atoms with Gasteiger partial charge in [-0.3, -0.25) is 4.68 Å². The first-order valence-electron chi connectivity index (χ1n) is 3.84. The van der Waals surface area contributed by atoms with Crippen LogP contribution in [0.3, 0.4) is 0 Å². The second-order valence-corrected chi connectivity index (χ2v) is 3.06. The van der Waals surface area contributed by atoms with Crippen molar-refractivity contribution >= 4 is 0 Å². The molecule has 1 atom stereocenters. The van der Waals surface area contributed by atoms with E-state index in [9.17, 15) is 0 Å². The van der Waals surface area contributed by atoms with Crippen molar-refractivity contribution in [3.63, 3.8) is 0 Å². The highest BCUT2D eigenvalue weighted by Gasteiger charge is 2.04. The van der Waals surface area contributed by atoms with Gasteiger partial charge in [-0.1, -0.05) is 0 Å². The van der Waals surface area contributed by atoms with Crippen LogP contribution in [0.15, 0.2) is 6.20 Å². The van der Waals surface area contributed by atoms with Crippen LogP contribution in [0.4, 0.5) is 0 Å².